The molecule has 18 heavy (non-hydrogen) atoms. The van der Waals surface area contributed by atoms with Crippen LogP contribution in [0.4, 0.5) is 5.69 Å². The molecular weight excluding hydrogens is 298 g/mol. The molecule has 5 nitrogen and oxygen atoms in total. The quantitative estimate of drug-likeness (QED) is 0.861. The number of halogens is 1. The van der Waals surface area contributed by atoms with Crippen LogP contribution < -0.4 is 10.9 Å². The highest BCUT2D eigenvalue weighted by molar-refractivity contribution is 9.10. The van der Waals surface area contributed by atoms with Crippen molar-refractivity contribution >= 4 is 21.6 Å². The summed E-state index contributed by atoms with van der Waals surface area (Å²) >= 11 is 3.32. The Hall–Kier alpha value is -1.14. The van der Waals surface area contributed by atoms with E-state index in [9.17, 15) is 4.79 Å². The van der Waals surface area contributed by atoms with E-state index >= 15 is 0 Å². The van der Waals surface area contributed by atoms with Gasteiger partial charge in [0.05, 0.1) is 30.6 Å². The Bertz CT molecular complexity index is 507. The van der Waals surface area contributed by atoms with Gasteiger partial charge in [0.25, 0.3) is 5.56 Å². The summed E-state index contributed by atoms with van der Waals surface area (Å²) in [4.78, 5) is 12.0. The van der Waals surface area contributed by atoms with E-state index in [4.69, 9.17) is 4.74 Å². The van der Waals surface area contributed by atoms with Crippen molar-refractivity contribution in [3.63, 3.8) is 0 Å². The number of hydrogen-bond acceptors (Lipinski definition) is 4. The zero-order chi connectivity index (χ0) is 13.2. The molecule has 1 saturated heterocycles. The van der Waals surface area contributed by atoms with Crippen molar-refractivity contribution in [2.45, 2.75) is 25.4 Å². The first-order valence-electron chi connectivity index (χ1n) is 5.78. The van der Waals surface area contributed by atoms with Gasteiger partial charge in [-0.2, -0.15) is 5.10 Å². The summed E-state index contributed by atoms with van der Waals surface area (Å²) in [5.41, 5.74) is 0.400. The minimum absolute atomic E-state index is 0.138. The lowest BCUT2D eigenvalue weighted by Crippen LogP contribution is -2.36. The summed E-state index contributed by atoms with van der Waals surface area (Å²) in [6.45, 7) is 7.44. The number of ether oxygens (including phenoxy) is 1. The third kappa shape index (κ3) is 2.64. The van der Waals surface area contributed by atoms with Crippen LogP contribution in [-0.2, 0) is 11.3 Å². The number of hydrogen-bond donors (Lipinski definition) is 1. The molecule has 1 N–H and O–H groups in total. The van der Waals surface area contributed by atoms with Gasteiger partial charge in [0, 0.05) is 6.61 Å². The van der Waals surface area contributed by atoms with Gasteiger partial charge in [-0.05, 0) is 29.3 Å². The molecule has 0 bridgehead atoms. The number of anilines is 1. The molecule has 6 heteroatoms. The zero-order valence-electron chi connectivity index (χ0n) is 10.3. The fourth-order valence-corrected chi connectivity index (χ4v) is 2.30. The summed E-state index contributed by atoms with van der Waals surface area (Å²) < 4.78 is 7.22. The van der Waals surface area contributed by atoms with Crippen LogP contribution >= 0.6 is 15.9 Å². The monoisotopic (exact) mass is 313 g/mol. The Morgan fingerprint density at radius 3 is 3.17 bits per heavy atom. The van der Waals surface area contributed by atoms with Gasteiger partial charge in [0.15, 0.2) is 0 Å². The molecule has 98 valence electrons. The summed E-state index contributed by atoms with van der Waals surface area (Å²) in [6, 6.07) is 0. The molecule has 0 aromatic carbocycles. The molecule has 1 aromatic rings. The van der Waals surface area contributed by atoms with Crippen molar-refractivity contribution in [3.8, 4) is 0 Å². The third-order valence-electron chi connectivity index (χ3n) is 2.94. The van der Waals surface area contributed by atoms with Gasteiger partial charge < -0.3 is 10.1 Å². The lowest BCUT2D eigenvalue weighted by atomic mass is 10.0. The predicted molar refractivity (Wildman–Crippen MR) is 73.9 cm³/mol. The summed E-state index contributed by atoms with van der Waals surface area (Å²) in [5, 5.41) is 7.42. The first-order valence-corrected chi connectivity index (χ1v) is 6.57. The summed E-state index contributed by atoms with van der Waals surface area (Å²) in [5.74, 6) is 0. The number of aromatic nitrogens is 2. The van der Waals surface area contributed by atoms with E-state index in [1.807, 2.05) is 0 Å². The minimum Gasteiger partial charge on any atom is -0.379 e. The molecule has 1 fully saturated rings. The van der Waals surface area contributed by atoms with E-state index in [1.165, 1.54) is 4.68 Å². The average molecular weight is 314 g/mol. The SMILES string of the molecule is C=CCn1ncc(NC2(C)CCOC2)c(Br)c1=O. The molecular formula is C12H16BrN3O2. The maximum Gasteiger partial charge on any atom is 0.283 e. The normalized spacial score (nSPS) is 23.0. The molecule has 0 radical (unpaired) electrons. The Morgan fingerprint density at radius 2 is 2.56 bits per heavy atom. The Kier molecular flexibility index (Phi) is 3.87. The van der Waals surface area contributed by atoms with Crippen LogP contribution in [-0.4, -0.2) is 28.5 Å². The first-order chi connectivity index (χ1) is 8.56. The van der Waals surface area contributed by atoms with Crippen molar-refractivity contribution in [1.29, 1.82) is 0 Å². The van der Waals surface area contributed by atoms with E-state index in [0.29, 0.717) is 23.3 Å². The molecule has 2 heterocycles. The van der Waals surface area contributed by atoms with Gasteiger partial charge >= 0.3 is 0 Å². The second-order valence-corrected chi connectivity index (χ2v) is 5.43. The molecule has 2 rings (SSSR count). The maximum atomic E-state index is 12.0. The third-order valence-corrected chi connectivity index (χ3v) is 3.71. The average Bonchev–Trinajstić information content (AvgIpc) is 2.76. The molecule has 1 aromatic heterocycles. The van der Waals surface area contributed by atoms with Crippen LogP contribution in [0.15, 0.2) is 28.1 Å². The fourth-order valence-electron chi connectivity index (χ4n) is 1.90. The highest BCUT2D eigenvalue weighted by Crippen LogP contribution is 2.26. The van der Waals surface area contributed by atoms with Crippen LogP contribution in [0.5, 0.6) is 0 Å². The molecule has 1 aliphatic heterocycles. The second-order valence-electron chi connectivity index (χ2n) is 4.64. The van der Waals surface area contributed by atoms with Crippen LogP contribution in [0, 0.1) is 0 Å². The lowest BCUT2D eigenvalue weighted by molar-refractivity contribution is 0.185. The fraction of sp³-hybridized carbons (Fsp3) is 0.500. The standard InChI is InChI=1S/C12H16BrN3O2/c1-3-5-16-11(17)10(13)9(7-14-16)15-12(2)4-6-18-8-12/h3,7,15H,1,4-6,8H2,2H3. The van der Waals surface area contributed by atoms with Gasteiger partial charge in [-0.15, -0.1) is 6.58 Å². The van der Waals surface area contributed by atoms with Gasteiger partial charge in [0.2, 0.25) is 0 Å². The predicted octanol–water partition coefficient (Wildman–Crippen LogP) is 1.78. The second kappa shape index (κ2) is 5.24. The minimum atomic E-state index is -0.164. The van der Waals surface area contributed by atoms with E-state index < -0.39 is 0 Å². The van der Waals surface area contributed by atoms with E-state index in [-0.39, 0.29) is 11.1 Å². The topological polar surface area (TPSA) is 56.1 Å². The van der Waals surface area contributed by atoms with Crippen molar-refractivity contribution < 1.29 is 4.74 Å². The van der Waals surface area contributed by atoms with E-state index in [1.54, 1.807) is 12.3 Å². The van der Waals surface area contributed by atoms with Gasteiger partial charge in [-0.25, -0.2) is 4.68 Å². The molecule has 0 amide bonds. The Balaban J connectivity index is 2.27. The van der Waals surface area contributed by atoms with Crippen molar-refractivity contribution in [3.05, 3.63) is 33.7 Å². The molecule has 1 unspecified atom stereocenters. The maximum absolute atomic E-state index is 12.0. The number of allylic oxidation sites excluding steroid dienone is 1. The number of rotatable bonds is 4. The van der Waals surface area contributed by atoms with E-state index in [0.717, 1.165) is 13.0 Å². The number of nitrogens with one attached hydrogen (secondary N) is 1. The summed E-state index contributed by atoms with van der Waals surface area (Å²) in [7, 11) is 0. The van der Waals surface area contributed by atoms with E-state index in [2.05, 4.69) is 39.8 Å². The van der Waals surface area contributed by atoms with Crippen LogP contribution in [0.3, 0.4) is 0 Å². The molecule has 0 saturated carbocycles. The Labute approximate surface area is 114 Å². The largest absolute Gasteiger partial charge is 0.379 e. The van der Waals surface area contributed by atoms with Crippen molar-refractivity contribution in [1.82, 2.24) is 9.78 Å². The molecule has 1 atom stereocenters. The molecule has 0 aliphatic carbocycles. The van der Waals surface area contributed by atoms with Gasteiger partial charge in [-0.1, -0.05) is 6.08 Å². The van der Waals surface area contributed by atoms with Crippen LogP contribution in [0.1, 0.15) is 13.3 Å². The van der Waals surface area contributed by atoms with Crippen LogP contribution in [0.2, 0.25) is 0 Å². The zero-order valence-corrected chi connectivity index (χ0v) is 11.9. The highest BCUT2D eigenvalue weighted by atomic mass is 79.9. The molecule has 1 aliphatic rings. The lowest BCUT2D eigenvalue weighted by Gasteiger charge is -2.25. The Morgan fingerprint density at radius 1 is 1.78 bits per heavy atom. The van der Waals surface area contributed by atoms with Crippen molar-refractivity contribution in [2.24, 2.45) is 0 Å². The number of nitrogens with zero attached hydrogens (tertiary/aromatic N) is 2. The molecule has 0 spiro atoms. The van der Waals surface area contributed by atoms with Gasteiger partial charge in [0.1, 0.15) is 4.47 Å². The smallest absolute Gasteiger partial charge is 0.283 e. The van der Waals surface area contributed by atoms with Crippen LogP contribution in [0.25, 0.3) is 0 Å². The summed E-state index contributed by atoms with van der Waals surface area (Å²) in [6.07, 6.45) is 4.20. The van der Waals surface area contributed by atoms with Crippen molar-refractivity contribution in [2.75, 3.05) is 18.5 Å². The van der Waals surface area contributed by atoms with Gasteiger partial charge in [-0.3, -0.25) is 4.79 Å². The highest BCUT2D eigenvalue weighted by Gasteiger charge is 2.30. The first kappa shape index (κ1) is 13.3.